The first-order valence-electron chi connectivity index (χ1n) is 7.94. The van der Waals surface area contributed by atoms with Gasteiger partial charge >= 0.3 is 0 Å². The fraction of sp³-hybridized carbons (Fsp3) is 0.867. The van der Waals surface area contributed by atoms with E-state index in [9.17, 15) is 9.59 Å². The third kappa shape index (κ3) is 8.67. The first kappa shape index (κ1) is 17.9. The van der Waals surface area contributed by atoms with Crippen molar-refractivity contribution in [3.05, 3.63) is 0 Å². The molecule has 3 N–H and O–H groups in total. The van der Waals surface area contributed by atoms with Gasteiger partial charge in [-0.05, 0) is 31.8 Å². The molecule has 0 spiro atoms. The van der Waals surface area contributed by atoms with Gasteiger partial charge in [-0.25, -0.2) is 0 Å². The van der Waals surface area contributed by atoms with E-state index in [4.69, 9.17) is 0 Å². The molecule has 6 heteroatoms. The summed E-state index contributed by atoms with van der Waals surface area (Å²) in [6, 6.07) is 0.512. The van der Waals surface area contributed by atoms with Gasteiger partial charge in [-0.3, -0.25) is 14.5 Å². The Morgan fingerprint density at radius 3 is 2.62 bits per heavy atom. The second kappa shape index (κ2) is 9.73. The standard InChI is InChI=1S/C15H30N4O2/c1-12(2)18-9-14-5-4-8-19(10-14)11-15(21)17-7-6-16-13(3)20/h12,14,18H,4-11H2,1-3H3,(H,16,20)(H,17,21). The summed E-state index contributed by atoms with van der Waals surface area (Å²) in [6.07, 6.45) is 2.39. The largest absolute Gasteiger partial charge is 0.355 e. The zero-order valence-corrected chi connectivity index (χ0v) is 13.6. The molecule has 1 atom stereocenters. The third-order valence-electron chi connectivity index (χ3n) is 3.61. The van der Waals surface area contributed by atoms with Crippen LogP contribution in [0.2, 0.25) is 0 Å². The van der Waals surface area contributed by atoms with Gasteiger partial charge < -0.3 is 16.0 Å². The molecule has 0 bridgehead atoms. The Morgan fingerprint density at radius 1 is 1.24 bits per heavy atom. The fourth-order valence-electron chi connectivity index (χ4n) is 2.56. The average Bonchev–Trinajstić information content (AvgIpc) is 2.41. The normalized spacial score (nSPS) is 19.5. The van der Waals surface area contributed by atoms with Gasteiger partial charge in [0.05, 0.1) is 6.54 Å². The Hall–Kier alpha value is -1.14. The predicted molar refractivity (Wildman–Crippen MR) is 84.0 cm³/mol. The number of nitrogens with zero attached hydrogens (tertiary/aromatic N) is 1. The zero-order chi connectivity index (χ0) is 15.7. The minimum absolute atomic E-state index is 0.0396. The van der Waals surface area contributed by atoms with Crippen molar-refractivity contribution < 1.29 is 9.59 Å². The molecule has 1 rings (SSSR count). The topological polar surface area (TPSA) is 73.5 Å². The van der Waals surface area contributed by atoms with Crippen molar-refractivity contribution in [2.24, 2.45) is 5.92 Å². The average molecular weight is 298 g/mol. The van der Waals surface area contributed by atoms with E-state index in [0.717, 1.165) is 26.1 Å². The third-order valence-corrected chi connectivity index (χ3v) is 3.61. The summed E-state index contributed by atoms with van der Waals surface area (Å²) in [6.45, 7) is 10.2. The minimum atomic E-state index is -0.0687. The molecule has 1 aliphatic rings. The molecule has 1 saturated heterocycles. The van der Waals surface area contributed by atoms with Crippen LogP contribution in [-0.2, 0) is 9.59 Å². The molecule has 2 amide bonds. The molecular formula is C15H30N4O2. The number of likely N-dealkylation sites (tertiary alicyclic amines) is 1. The van der Waals surface area contributed by atoms with Crippen molar-refractivity contribution >= 4 is 11.8 Å². The Balaban J connectivity index is 2.17. The molecule has 1 fully saturated rings. The Labute approximate surface area is 128 Å². The van der Waals surface area contributed by atoms with Crippen LogP contribution in [0.4, 0.5) is 0 Å². The van der Waals surface area contributed by atoms with Crippen LogP contribution in [0.15, 0.2) is 0 Å². The van der Waals surface area contributed by atoms with E-state index in [2.05, 4.69) is 34.7 Å². The van der Waals surface area contributed by atoms with Gasteiger partial charge in [0, 0.05) is 32.6 Å². The monoisotopic (exact) mass is 298 g/mol. The van der Waals surface area contributed by atoms with Crippen LogP contribution in [0.1, 0.15) is 33.6 Å². The number of rotatable bonds is 8. The smallest absolute Gasteiger partial charge is 0.234 e. The first-order chi connectivity index (χ1) is 9.97. The van der Waals surface area contributed by atoms with E-state index in [1.165, 1.54) is 13.3 Å². The molecular weight excluding hydrogens is 268 g/mol. The highest BCUT2D eigenvalue weighted by molar-refractivity contribution is 5.78. The van der Waals surface area contributed by atoms with Gasteiger partial charge in [0.25, 0.3) is 0 Å². The summed E-state index contributed by atoms with van der Waals surface area (Å²) in [5, 5.41) is 8.98. The number of carbonyl (C=O) groups is 2. The Morgan fingerprint density at radius 2 is 1.95 bits per heavy atom. The lowest BCUT2D eigenvalue weighted by atomic mass is 9.98. The van der Waals surface area contributed by atoms with Crippen LogP contribution in [0, 0.1) is 5.92 Å². The van der Waals surface area contributed by atoms with Crippen molar-refractivity contribution in [2.45, 2.75) is 39.7 Å². The maximum Gasteiger partial charge on any atom is 0.234 e. The predicted octanol–water partition coefficient (Wildman–Crippen LogP) is -0.0513. The van der Waals surface area contributed by atoms with Crippen molar-refractivity contribution in [3.63, 3.8) is 0 Å². The lowest BCUT2D eigenvalue weighted by Crippen LogP contribution is -2.46. The maximum absolute atomic E-state index is 11.8. The molecule has 0 aromatic heterocycles. The van der Waals surface area contributed by atoms with E-state index < -0.39 is 0 Å². The van der Waals surface area contributed by atoms with Crippen LogP contribution < -0.4 is 16.0 Å². The number of piperidine rings is 1. The molecule has 0 aliphatic carbocycles. The summed E-state index contributed by atoms with van der Waals surface area (Å²) >= 11 is 0. The van der Waals surface area contributed by atoms with Gasteiger partial charge in [0.15, 0.2) is 0 Å². The van der Waals surface area contributed by atoms with Crippen LogP contribution >= 0.6 is 0 Å². The van der Waals surface area contributed by atoms with E-state index in [1.54, 1.807) is 0 Å². The molecule has 0 radical (unpaired) electrons. The quantitative estimate of drug-likeness (QED) is 0.549. The highest BCUT2D eigenvalue weighted by Gasteiger charge is 2.21. The number of amides is 2. The van der Waals surface area contributed by atoms with Crippen LogP contribution in [0.3, 0.4) is 0 Å². The van der Waals surface area contributed by atoms with E-state index in [-0.39, 0.29) is 11.8 Å². The van der Waals surface area contributed by atoms with Crippen molar-refractivity contribution in [1.82, 2.24) is 20.9 Å². The molecule has 0 saturated carbocycles. The summed E-state index contributed by atoms with van der Waals surface area (Å²) in [5.74, 6) is 0.604. The highest BCUT2D eigenvalue weighted by Crippen LogP contribution is 2.15. The summed E-state index contributed by atoms with van der Waals surface area (Å²) in [5.41, 5.74) is 0. The summed E-state index contributed by atoms with van der Waals surface area (Å²) in [7, 11) is 0. The SMILES string of the molecule is CC(=O)NCCNC(=O)CN1CCCC(CNC(C)C)C1. The second-order valence-corrected chi connectivity index (χ2v) is 6.14. The van der Waals surface area contributed by atoms with Crippen LogP contribution in [0.5, 0.6) is 0 Å². The lowest BCUT2D eigenvalue weighted by molar-refractivity contribution is -0.123. The van der Waals surface area contributed by atoms with E-state index in [1.807, 2.05) is 0 Å². The summed E-state index contributed by atoms with van der Waals surface area (Å²) in [4.78, 5) is 24.8. The molecule has 1 aliphatic heterocycles. The fourth-order valence-corrected chi connectivity index (χ4v) is 2.56. The van der Waals surface area contributed by atoms with Crippen molar-refractivity contribution in [1.29, 1.82) is 0 Å². The van der Waals surface area contributed by atoms with E-state index >= 15 is 0 Å². The van der Waals surface area contributed by atoms with Crippen LogP contribution in [-0.4, -0.2) is 62.0 Å². The maximum atomic E-state index is 11.8. The Bertz CT molecular complexity index is 334. The summed E-state index contributed by atoms with van der Waals surface area (Å²) < 4.78 is 0. The molecule has 0 aromatic rings. The second-order valence-electron chi connectivity index (χ2n) is 6.14. The van der Waals surface area contributed by atoms with Gasteiger partial charge in [-0.1, -0.05) is 13.8 Å². The molecule has 1 unspecified atom stereocenters. The van der Waals surface area contributed by atoms with Gasteiger partial charge in [-0.2, -0.15) is 0 Å². The molecule has 122 valence electrons. The van der Waals surface area contributed by atoms with Gasteiger partial charge in [-0.15, -0.1) is 0 Å². The van der Waals surface area contributed by atoms with Crippen LogP contribution in [0.25, 0.3) is 0 Å². The van der Waals surface area contributed by atoms with E-state index in [0.29, 0.717) is 31.6 Å². The number of hydrogen-bond donors (Lipinski definition) is 3. The lowest BCUT2D eigenvalue weighted by Gasteiger charge is -2.32. The minimum Gasteiger partial charge on any atom is -0.355 e. The number of hydrogen-bond acceptors (Lipinski definition) is 4. The molecule has 6 nitrogen and oxygen atoms in total. The van der Waals surface area contributed by atoms with Gasteiger partial charge in [0.1, 0.15) is 0 Å². The Kier molecular flexibility index (Phi) is 8.30. The number of carbonyl (C=O) groups excluding carboxylic acids is 2. The van der Waals surface area contributed by atoms with Crippen molar-refractivity contribution in [3.8, 4) is 0 Å². The highest BCUT2D eigenvalue weighted by atomic mass is 16.2. The number of nitrogens with one attached hydrogen (secondary N) is 3. The molecule has 0 aromatic carbocycles. The molecule has 1 heterocycles. The van der Waals surface area contributed by atoms with Gasteiger partial charge in [0.2, 0.25) is 11.8 Å². The zero-order valence-electron chi connectivity index (χ0n) is 13.6. The molecule has 21 heavy (non-hydrogen) atoms. The van der Waals surface area contributed by atoms with Crippen molar-refractivity contribution in [2.75, 3.05) is 39.3 Å². The first-order valence-corrected chi connectivity index (χ1v) is 7.94.